The summed E-state index contributed by atoms with van der Waals surface area (Å²) in [5.74, 6) is -0.272. The zero-order chi connectivity index (χ0) is 10.2. The third-order valence-electron chi connectivity index (χ3n) is 1.61. The third-order valence-corrected chi connectivity index (χ3v) is 1.61. The van der Waals surface area contributed by atoms with Crippen molar-refractivity contribution in [1.29, 1.82) is 0 Å². The Morgan fingerprint density at radius 2 is 2.14 bits per heavy atom. The molecule has 0 aromatic heterocycles. The molecule has 0 saturated heterocycles. The van der Waals surface area contributed by atoms with Crippen molar-refractivity contribution in [3.63, 3.8) is 0 Å². The second-order valence-corrected chi connectivity index (χ2v) is 2.65. The van der Waals surface area contributed by atoms with Gasteiger partial charge in [-0.2, -0.15) is 0 Å². The van der Waals surface area contributed by atoms with Gasteiger partial charge in [0.15, 0.2) is 0 Å². The number of azide groups is 1. The van der Waals surface area contributed by atoms with E-state index in [1.54, 1.807) is 0 Å². The van der Waals surface area contributed by atoms with Crippen LogP contribution in [0.5, 0.6) is 0 Å². The van der Waals surface area contributed by atoms with Crippen LogP contribution in [0.4, 0.5) is 0 Å². The Labute approximate surface area is 81.4 Å². The molecule has 1 aromatic carbocycles. The van der Waals surface area contributed by atoms with Crippen molar-refractivity contribution in [2.24, 2.45) is 5.11 Å². The Hall–Kier alpha value is -2.00. The first-order chi connectivity index (χ1) is 6.83. The van der Waals surface area contributed by atoms with Gasteiger partial charge >= 0.3 is 0 Å². The number of hydrogen-bond acceptors (Lipinski definition) is 2. The lowest BCUT2D eigenvalue weighted by Gasteiger charge is -2.02. The fraction of sp³-hybridized carbons (Fsp3) is 0.222. The Balaban J connectivity index is 2.34. The van der Waals surface area contributed by atoms with Crippen molar-refractivity contribution >= 4 is 5.91 Å². The van der Waals surface area contributed by atoms with Gasteiger partial charge in [0, 0.05) is 11.5 Å². The fourth-order valence-electron chi connectivity index (χ4n) is 0.948. The molecule has 5 heteroatoms. The average Bonchev–Trinajstić information content (AvgIpc) is 2.25. The molecule has 1 aromatic rings. The number of hydrogen-bond donors (Lipinski definition) is 1. The van der Waals surface area contributed by atoms with E-state index in [9.17, 15) is 4.79 Å². The maximum atomic E-state index is 11.0. The highest BCUT2D eigenvalue weighted by Gasteiger charge is 1.97. The molecule has 72 valence electrons. The highest BCUT2D eigenvalue weighted by Crippen LogP contribution is 1.96. The van der Waals surface area contributed by atoms with Gasteiger partial charge in [-0.1, -0.05) is 35.4 Å². The lowest BCUT2D eigenvalue weighted by Crippen LogP contribution is -2.24. The zero-order valence-corrected chi connectivity index (χ0v) is 7.55. The molecule has 0 aliphatic carbocycles. The summed E-state index contributed by atoms with van der Waals surface area (Å²) < 4.78 is 0. The molecule has 0 radical (unpaired) electrons. The van der Waals surface area contributed by atoms with E-state index in [1.807, 2.05) is 30.3 Å². The summed E-state index contributed by atoms with van der Waals surface area (Å²) in [5, 5.41) is 5.78. The average molecular weight is 191 g/mol. The highest BCUT2D eigenvalue weighted by molar-refractivity contribution is 5.78. The maximum Gasteiger partial charge on any atom is 0.226 e. The number of amides is 1. The predicted octanol–water partition coefficient (Wildman–Crippen LogP) is 1.61. The third kappa shape index (κ3) is 3.60. The molecule has 0 bridgehead atoms. The maximum absolute atomic E-state index is 11.0. The summed E-state index contributed by atoms with van der Waals surface area (Å²) in [4.78, 5) is 13.5. The van der Waals surface area contributed by atoms with E-state index in [2.05, 4.69) is 15.3 Å². The van der Waals surface area contributed by atoms with Crippen molar-refractivity contribution in [1.82, 2.24) is 5.32 Å². The van der Waals surface area contributed by atoms with Crippen LogP contribution in [0.15, 0.2) is 35.4 Å². The van der Waals surface area contributed by atoms with Gasteiger partial charge in [0.25, 0.3) is 0 Å². The number of carbonyl (C=O) groups is 1. The number of carbonyl (C=O) groups excluding carboxylic acids is 1. The fourth-order valence-corrected chi connectivity index (χ4v) is 0.948. The van der Waals surface area contributed by atoms with E-state index in [0.29, 0.717) is 6.54 Å². The smallest absolute Gasteiger partial charge is 0.226 e. The second kappa shape index (κ2) is 5.61. The van der Waals surface area contributed by atoms with E-state index >= 15 is 0 Å². The van der Waals surface area contributed by atoms with E-state index in [4.69, 9.17) is 5.53 Å². The lowest BCUT2D eigenvalue weighted by atomic mass is 10.2. The van der Waals surface area contributed by atoms with Gasteiger partial charge in [0.05, 0.1) is 0 Å². The van der Waals surface area contributed by atoms with Gasteiger partial charge < -0.3 is 5.32 Å². The summed E-state index contributed by atoms with van der Waals surface area (Å²) in [6.45, 7) is 0.309. The lowest BCUT2D eigenvalue weighted by molar-refractivity contribution is -0.119. The molecule has 1 N–H and O–H groups in total. The minimum atomic E-state index is -0.272. The summed E-state index contributed by atoms with van der Waals surface area (Å²) in [5.41, 5.74) is 8.99. The van der Waals surface area contributed by atoms with Crippen molar-refractivity contribution < 1.29 is 4.79 Å². The van der Waals surface area contributed by atoms with E-state index in [1.165, 1.54) is 0 Å². The minimum absolute atomic E-state index is 0.149. The van der Waals surface area contributed by atoms with Crippen molar-refractivity contribution in [2.75, 3.05) is 6.54 Å². The Kier molecular flexibility index (Phi) is 4.04. The van der Waals surface area contributed by atoms with Crippen LogP contribution in [0.1, 0.15) is 5.56 Å². The van der Waals surface area contributed by atoms with Gasteiger partial charge in [0.2, 0.25) is 5.91 Å². The molecule has 0 spiro atoms. The molecule has 0 saturated carbocycles. The molecule has 1 amide bonds. The van der Waals surface area contributed by atoms with Crippen LogP contribution in [0.25, 0.3) is 10.4 Å². The quantitative estimate of drug-likeness (QED) is 0.333. The van der Waals surface area contributed by atoms with Crippen LogP contribution in [0.3, 0.4) is 0 Å². The second-order valence-electron chi connectivity index (χ2n) is 2.65. The zero-order valence-electron chi connectivity index (χ0n) is 7.55. The molecule has 0 unspecified atom stereocenters. The first-order valence-corrected chi connectivity index (χ1v) is 4.14. The number of benzene rings is 1. The van der Waals surface area contributed by atoms with Gasteiger partial charge in [-0.25, -0.2) is 0 Å². The van der Waals surface area contributed by atoms with Gasteiger partial charge in [-0.3, -0.25) is 4.79 Å². The van der Waals surface area contributed by atoms with Gasteiger partial charge in [-0.05, 0) is 11.1 Å². The monoisotopic (exact) mass is 191 g/mol. The summed E-state index contributed by atoms with van der Waals surface area (Å²) >= 11 is 0. The summed E-state index contributed by atoms with van der Waals surface area (Å²) in [6.07, 6.45) is 0. The Morgan fingerprint density at radius 1 is 1.43 bits per heavy atom. The van der Waals surface area contributed by atoms with Gasteiger partial charge in [-0.15, -0.1) is 0 Å². The van der Waals surface area contributed by atoms with Crippen molar-refractivity contribution in [3.05, 3.63) is 46.3 Å². The molecule has 0 aliphatic rings. The summed E-state index contributed by atoms with van der Waals surface area (Å²) in [6, 6.07) is 9.52. The molecule has 0 heterocycles. The van der Waals surface area contributed by atoms with Gasteiger partial charge in [0.1, 0.15) is 6.54 Å². The Bertz CT molecular complexity index is 343. The molecular formula is C9H10N4O. The van der Waals surface area contributed by atoms with E-state index < -0.39 is 0 Å². The topological polar surface area (TPSA) is 77.9 Å². The normalized spacial score (nSPS) is 8.86. The number of rotatable bonds is 4. The van der Waals surface area contributed by atoms with Crippen LogP contribution >= 0.6 is 0 Å². The molecular weight excluding hydrogens is 181 g/mol. The number of nitrogens with one attached hydrogen (secondary N) is 1. The van der Waals surface area contributed by atoms with Crippen LogP contribution in [-0.2, 0) is 11.3 Å². The largest absolute Gasteiger partial charge is 0.352 e. The molecule has 14 heavy (non-hydrogen) atoms. The van der Waals surface area contributed by atoms with E-state index in [-0.39, 0.29) is 12.5 Å². The summed E-state index contributed by atoms with van der Waals surface area (Å²) in [7, 11) is 0. The number of nitrogens with zero attached hydrogens (tertiary/aromatic N) is 3. The first kappa shape index (κ1) is 10.1. The van der Waals surface area contributed by atoms with Crippen LogP contribution in [0, 0.1) is 0 Å². The van der Waals surface area contributed by atoms with E-state index in [0.717, 1.165) is 5.56 Å². The molecule has 0 atom stereocenters. The predicted molar refractivity (Wildman–Crippen MR) is 52.3 cm³/mol. The van der Waals surface area contributed by atoms with Crippen LogP contribution < -0.4 is 5.32 Å². The van der Waals surface area contributed by atoms with Crippen LogP contribution in [0.2, 0.25) is 0 Å². The Morgan fingerprint density at radius 3 is 2.79 bits per heavy atom. The first-order valence-electron chi connectivity index (χ1n) is 4.14. The van der Waals surface area contributed by atoms with Crippen LogP contribution in [-0.4, -0.2) is 12.5 Å². The van der Waals surface area contributed by atoms with Crippen molar-refractivity contribution in [3.8, 4) is 0 Å². The molecule has 0 aliphatic heterocycles. The molecule has 5 nitrogen and oxygen atoms in total. The molecule has 0 fully saturated rings. The molecule has 1 rings (SSSR count). The SMILES string of the molecule is [N-]=[N+]=N[13CH2]C(=O)NCc1ccccc1. The standard InChI is InChI=1S/C9H10N4O/c10-13-12-7-9(14)11-6-8-4-2-1-3-5-8/h1-5H,6-7H2,(H,11,14)/i7+1. The van der Waals surface area contributed by atoms with Crippen molar-refractivity contribution in [2.45, 2.75) is 6.54 Å². The highest BCUT2D eigenvalue weighted by atomic mass is 16.2. The minimum Gasteiger partial charge on any atom is -0.352 e.